The van der Waals surface area contributed by atoms with Gasteiger partial charge in [-0.2, -0.15) is 18.4 Å². The smallest absolute Gasteiger partial charge is 0.394 e. The van der Waals surface area contributed by atoms with Gasteiger partial charge in [0.15, 0.2) is 5.92 Å². The highest BCUT2D eigenvalue weighted by Gasteiger charge is 2.40. The highest BCUT2D eigenvalue weighted by molar-refractivity contribution is 4.93. The van der Waals surface area contributed by atoms with Gasteiger partial charge in [-0.25, -0.2) is 0 Å². The molecule has 0 bridgehead atoms. The molecule has 0 aromatic carbocycles. The van der Waals surface area contributed by atoms with Crippen molar-refractivity contribution in [2.24, 2.45) is 5.92 Å². The zero-order valence-electron chi connectivity index (χ0n) is 8.17. The third kappa shape index (κ3) is 4.46. The van der Waals surface area contributed by atoms with Crippen molar-refractivity contribution in [1.29, 1.82) is 5.26 Å². The summed E-state index contributed by atoms with van der Waals surface area (Å²) in [7, 11) is 0. The van der Waals surface area contributed by atoms with Crippen LogP contribution in [-0.4, -0.2) is 41.7 Å². The summed E-state index contributed by atoms with van der Waals surface area (Å²) in [5.41, 5.74) is -1.21. The topological polar surface area (TPSA) is 76.3 Å². The molecule has 0 fully saturated rings. The molecule has 4 nitrogen and oxygen atoms in total. The lowest BCUT2D eigenvalue weighted by Gasteiger charge is -2.27. The van der Waals surface area contributed by atoms with E-state index in [1.165, 1.54) is 6.92 Å². The van der Waals surface area contributed by atoms with Gasteiger partial charge in [-0.3, -0.25) is 0 Å². The van der Waals surface area contributed by atoms with E-state index < -0.39 is 37.4 Å². The minimum absolute atomic E-state index is 0.514. The summed E-state index contributed by atoms with van der Waals surface area (Å²) >= 11 is 0. The minimum atomic E-state index is -4.60. The molecule has 0 aliphatic heterocycles. The monoisotopic (exact) mass is 226 g/mol. The number of rotatable bonds is 5. The third-order valence-electron chi connectivity index (χ3n) is 1.98. The van der Waals surface area contributed by atoms with Crippen LogP contribution < -0.4 is 5.32 Å². The van der Waals surface area contributed by atoms with Crippen LogP contribution in [0.2, 0.25) is 0 Å². The molecule has 1 unspecified atom stereocenters. The first-order chi connectivity index (χ1) is 6.79. The van der Waals surface area contributed by atoms with Gasteiger partial charge in [-0.15, -0.1) is 0 Å². The highest BCUT2D eigenvalue weighted by atomic mass is 19.4. The average molecular weight is 226 g/mol. The maximum absolute atomic E-state index is 12.1. The van der Waals surface area contributed by atoms with Gasteiger partial charge in [0.2, 0.25) is 0 Å². The van der Waals surface area contributed by atoms with Gasteiger partial charge in [-0.05, 0) is 6.92 Å². The van der Waals surface area contributed by atoms with Crippen molar-refractivity contribution in [1.82, 2.24) is 5.32 Å². The van der Waals surface area contributed by atoms with E-state index >= 15 is 0 Å². The molecular weight excluding hydrogens is 213 g/mol. The van der Waals surface area contributed by atoms with E-state index in [1.807, 2.05) is 0 Å². The van der Waals surface area contributed by atoms with E-state index in [0.717, 1.165) is 6.07 Å². The van der Waals surface area contributed by atoms with Crippen LogP contribution in [0.3, 0.4) is 0 Å². The van der Waals surface area contributed by atoms with Crippen molar-refractivity contribution in [3.63, 3.8) is 0 Å². The Morgan fingerprint density at radius 2 is 1.80 bits per heavy atom. The van der Waals surface area contributed by atoms with E-state index in [2.05, 4.69) is 5.32 Å². The zero-order chi connectivity index (χ0) is 12.1. The number of nitriles is 1. The molecule has 88 valence electrons. The summed E-state index contributed by atoms with van der Waals surface area (Å²) in [6.45, 7) is -0.325. The van der Waals surface area contributed by atoms with Crippen LogP contribution in [0.1, 0.15) is 6.92 Å². The Morgan fingerprint density at radius 3 is 2.07 bits per heavy atom. The summed E-state index contributed by atoms with van der Waals surface area (Å²) in [5, 5.41) is 28.2. The van der Waals surface area contributed by atoms with Gasteiger partial charge < -0.3 is 15.5 Å². The third-order valence-corrected chi connectivity index (χ3v) is 1.98. The number of nitrogens with one attached hydrogen (secondary N) is 1. The van der Waals surface area contributed by atoms with Crippen molar-refractivity contribution in [3.05, 3.63) is 0 Å². The average Bonchev–Trinajstić information content (AvgIpc) is 2.16. The van der Waals surface area contributed by atoms with Gasteiger partial charge in [0, 0.05) is 6.54 Å². The molecule has 15 heavy (non-hydrogen) atoms. The predicted molar refractivity (Wildman–Crippen MR) is 45.7 cm³/mol. The summed E-state index contributed by atoms with van der Waals surface area (Å²) in [6.07, 6.45) is -4.60. The fourth-order valence-electron chi connectivity index (χ4n) is 0.745. The maximum Gasteiger partial charge on any atom is 0.405 e. The first-order valence-corrected chi connectivity index (χ1v) is 4.22. The molecule has 0 aliphatic carbocycles. The predicted octanol–water partition coefficient (Wildman–Crippen LogP) is 0.0214. The normalized spacial score (nSPS) is 14.7. The molecule has 0 radical (unpaired) electrons. The first-order valence-electron chi connectivity index (χ1n) is 4.22. The maximum atomic E-state index is 12.1. The minimum Gasteiger partial charge on any atom is -0.394 e. The Labute approximate surface area is 85.3 Å². The van der Waals surface area contributed by atoms with Crippen molar-refractivity contribution < 1.29 is 23.4 Å². The van der Waals surface area contributed by atoms with Crippen LogP contribution in [0.4, 0.5) is 13.2 Å². The van der Waals surface area contributed by atoms with Crippen LogP contribution >= 0.6 is 0 Å². The molecular formula is C8H13F3N2O2. The molecule has 0 saturated heterocycles. The lowest BCUT2D eigenvalue weighted by atomic mass is 10.0. The lowest BCUT2D eigenvalue weighted by Crippen LogP contribution is -2.51. The van der Waals surface area contributed by atoms with E-state index in [4.69, 9.17) is 15.5 Å². The Kier molecular flexibility index (Phi) is 5.00. The van der Waals surface area contributed by atoms with Gasteiger partial charge in [0.1, 0.15) is 0 Å². The van der Waals surface area contributed by atoms with Crippen LogP contribution in [0, 0.1) is 17.2 Å². The van der Waals surface area contributed by atoms with Gasteiger partial charge >= 0.3 is 6.18 Å². The summed E-state index contributed by atoms with van der Waals surface area (Å²) < 4.78 is 36.3. The summed E-state index contributed by atoms with van der Waals surface area (Å²) in [6, 6.07) is 1.11. The van der Waals surface area contributed by atoms with E-state index in [-0.39, 0.29) is 0 Å². The molecule has 0 spiro atoms. The standard InChI is InChI=1S/C8H13F3N2O2/c1-7(4-14,5-15)13-3-6(2-12)8(9,10)11/h6,13-15H,3-5H2,1H3. The highest BCUT2D eigenvalue weighted by Crippen LogP contribution is 2.25. The Morgan fingerprint density at radius 1 is 1.33 bits per heavy atom. The van der Waals surface area contributed by atoms with Crippen LogP contribution in [0.25, 0.3) is 0 Å². The summed E-state index contributed by atoms with van der Waals surface area (Å²) in [4.78, 5) is 0. The molecule has 0 aliphatic rings. The van der Waals surface area contributed by atoms with Gasteiger partial charge in [-0.1, -0.05) is 0 Å². The van der Waals surface area contributed by atoms with E-state index in [0.29, 0.717) is 0 Å². The number of alkyl halides is 3. The first kappa shape index (κ1) is 14.2. The fraction of sp³-hybridized carbons (Fsp3) is 0.875. The molecule has 1 atom stereocenters. The SMILES string of the molecule is CC(CO)(CO)NCC(C#N)C(F)(F)F. The largest absolute Gasteiger partial charge is 0.405 e. The number of hydrogen-bond donors (Lipinski definition) is 3. The second-order valence-corrected chi connectivity index (χ2v) is 3.48. The second kappa shape index (κ2) is 5.30. The van der Waals surface area contributed by atoms with Gasteiger partial charge in [0.05, 0.1) is 24.8 Å². The Bertz CT molecular complexity index is 233. The molecule has 0 rings (SSSR count). The number of halogens is 3. The number of aliphatic hydroxyl groups is 2. The molecule has 0 heterocycles. The quantitative estimate of drug-likeness (QED) is 0.617. The second-order valence-electron chi connectivity index (χ2n) is 3.48. The van der Waals surface area contributed by atoms with E-state index in [9.17, 15) is 13.2 Å². The van der Waals surface area contributed by atoms with Crippen LogP contribution in [-0.2, 0) is 0 Å². The van der Waals surface area contributed by atoms with Crippen LogP contribution in [0.15, 0.2) is 0 Å². The fourth-order valence-corrected chi connectivity index (χ4v) is 0.745. The molecule has 0 amide bonds. The number of aliphatic hydroxyl groups excluding tert-OH is 2. The van der Waals surface area contributed by atoms with E-state index in [1.54, 1.807) is 0 Å². The van der Waals surface area contributed by atoms with Crippen molar-refractivity contribution in [2.75, 3.05) is 19.8 Å². The number of nitrogens with zero attached hydrogens (tertiary/aromatic N) is 1. The van der Waals surface area contributed by atoms with Crippen LogP contribution in [0.5, 0.6) is 0 Å². The molecule has 7 heteroatoms. The Hall–Kier alpha value is -0.840. The molecule has 3 N–H and O–H groups in total. The van der Waals surface area contributed by atoms with Crippen molar-refractivity contribution >= 4 is 0 Å². The van der Waals surface area contributed by atoms with Gasteiger partial charge in [0.25, 0.3) is 0 Å². The van der Waals surface area contributed by atoms with Crippen molar-refractivity contribution in [2.45, 2.75) is 18.6 Å². The van der Waals surface area contributed by atoms with Crippen molar-refractivity contribution in [3.8, 4) is 6.07 Å². The number of hydrogen-bond acceptors (Lipinski definition) is 4. The molecule has 0 aromatic heterocycles. The Balaban J connectivity index is 4.31. The summed E-state index contributed by atoms with van der Waals surface area (Å²) in [5.74, 6) is -2.14. The molecule has 0 aromatic rings. The zero-order valence-corrected chi connectivity index (χ0v) is 8.17. The molecule has 0 saturated carbocycles. The lowest BCUT2D eigenvalue weighted by molar-refractivity contribution is -0.159.